The summed E-state index contributed by atoms with van der Waals surface area (Å²) in [7, 11) is 3.27. The molecule has 1 aliphatic heterocycles. The molecule has 1 fully saturated rings. The standard InChI is InChI=1S/C24H32FN3O3/c1-4-26-23(27-16-18-8-9-21(29-2)15-22(18)30-3)28-17-24(10-12-31-13-11-24)19-6-5-7-20(25)14-19/h5-9,14-15H,4,10-13,16-17H2,1-3H3,(H2,26,27,28). The maximum Gasteiger partial charge on any atom is 0.191 e. The SMILES string of the molecule is CCNC(=NCc1ccc(OC)cc1OC)NCC1(c2cccc(F)c2)CCOCC1. The third kappa shape index (κ3) is 5.88. The topological polar surface area (TPSA) is 64.1 Å². The van der Waals surface area contributed by atoms with Gasteiger partial charge in [-0.05, 0) is 49.6 Å². The van der Waals surface area contributed by atoms with Crippen LogP contribution in [0.3, 0.4) is 0 Å². The Bertz CT molecular complexity index is 882. The van der Waals surface area contributed by atoms with Crippen LogP contribution in [0.25, 0.3) is 0 Å². The van der Waals surface area contributed by atoms with Gasteiger partial charge in [-0.2, -0.15) is 0 Å². The predicted molar refractivity (Wildman–Crippen MR) is 120 cm³/mol. The lowest BCUT2D eigenvalue weighted by molar-refractivity contribution is 0.0513. The van der Waals surface area contributed by atoms with E-state index in [4.69, 9.17) is 19.2 Å². The molecule has 0 atom stereocenters. The van der Waals surface area contributed by atoms with E-state index in [0.29, 0.717) is 32.3 Å². The maximum absolute atomic E-state index is 13.9. The minimum absolute atomic E-state index is 0.200. The van der Waals surface area contributed by atoms with Crippen LogP contribution in [-0.2, 0) is 16.7 Å². The zero-order valence-corrected chi connectivity index (χ0v) is 18.5. The van der Waals surface area contributed by atoms with Gasteiger partial charge in [-0.1, -0.05) is 12.1 Å². The van der Waals surface area contributed by atoms with Crippen molar-refractivity contribution >= 4 is 5.96 Å². The van der Waals surface area contributed by atoms with Gasteiger partial charge in [0.05, 0.1) is 20.8 Å². The number of halogens is 1. The molecule has 0 bridgehead atoms. The predicted octanol–water partition coefficient (Wildman–Crippen LogP) is 3.65. The molecule has 0 aromatic heterocycles. The number of nitrogens with one attached hydrogen (secondary N) is 2. The molecule has 1 saturated heterocycles. The summed E-state index contributed by atoms with van der Waals surface area (Å²) in [6.45, 7) is 5.19. The lowest BCUT2D eigenvalue weighted by Gasteiger charge is -2.38. The number of hydrogen-bond donors (Lipinski definition) is 2. The number of hydrogen-bond acceptors (Lipinski definition) is 4. The maximum atomic E-state index is 13.9. The first-order valence-corrected chi connectivity index (χ1v) is 10.7. The van der Waals surface area contributed by atoms with Crippen LogP contribution in [0, 0.1) is 5.82 Å². The zero-order chi connectivity index (χ0) is 22.1. The van der Waals surface area contributed by atoms with Gasteiger partial charge < -0.3 is 24.8 Å². The molecule has 2 aromatic carbocycles. The first kappa shape index (κ1) is 22.9. The first-order chi connectivity index (χ1) is 15.1. The third-order valence-corrected chi connectivity index (χ3v) is 5.73. The van der Waals surface area contributed by atoms with E-state index in [1.54, 1.807) is 26.4 Å². The Morgan fingerprint density at radius 3 is 2.58 bits per heavy atom. The van der Waals surface area contributed by atoms with Gasteiger partial charge >= 0.3 is 0 Å². The van der Waals surface area contributed by atoms with Crippen LogP contribution in [0.2, 0.25) is 0 Å². The van der Waals surface area contributed by atoms with Crippen LogP contribution in [0.4, 0.5) is 4.39 Å². The molecule has 1 aliphatic rings. The largest absolute Gasteiger partial charge is 0.497 e. The van der Waals surface area contributed by atoms with Gasteiger partial charge in [0.15, 0.2) is 5.96 Å². The molecule has 168 valence electrons. The van der Waals surface area contributed by atoms with E-state index >= 15 is 0 Å². The Morgan fingerprint density at radius 2 is 1.90 bits per heavy atom. The van der Waals surface area contributed by atoms with Crippen molar-refractivity contribution in [3.05, 3.63) is 59.4 Å². The van der Waals surface area contributed by atoms with E-state index in [-0.39, 0.29) is 11.2 Å². The summed E-state index contributed by atoms with van der Waals surface area (Å²) in [4.78, 5) is 4.74. The van der Waals surface area contributed by atoms with E-state index in [1.807, 2.05) is 31.2 Å². The molecule has 6 nitrogen and oxygen atoms in total. The summed E-state index contributed by atoms with van der Waals surface area (Å²) in [6, 6.07) is 12.6. The number of ether oxygens (including phenoxy) is 3. The summed E-state index contributed by atoms with van der Waals surface area (Å²) >= 11 is 0. The molecule has 0 spiro atoms. The van der Waals surface area contributed by atoms with Crippen molar-refractivity contribution < 1.29 is 18.6 Å². The number of methoxy groups -OCH3 is 2. The van der Waals surface area contributed by atoms with Gasteiger partial charge in [-0.25, -0.2) is 9.38 Å². The van der Waals surface area contributed by atoms with E-state index in [9.17, 15) is 4.39 Å². The molecular weight excluding hydrogens is 397 g/mol. The van der Waals surface area contributed by atoms with Crippen LogP contribution in [0.15, 0.2) is 47.5 Å². The minimum Gasteiger partial charge on any atom is -0.497 e. The van der Waals surface area contributed by atoms with Gasteiger partial charge in [0.2, 0.25) is 0 Å². The van der Waals surface area contributed by atoms with E-state index in [0.717, 1.165) is 42.0 Å². The van der Waals surface area contributed by atoms with Crippen molar-refractivity contribution in [3.8, 4) is 11.5 Å². The van der Waals surface area contributed by atoms with Gasteiger partial charge in [0, 0.05) is 43.3 Å². The number of rotatable bonds is 8. The average Bonchev–Trinajstić information content (AvgIpc) is 2.81. The molecule has 3 rings (SSSR count). The van der Waals surface area contributed by atoms with Crippen LogP contribution < -0.4 is 20.1 Å². The Labute approximate surface area is 183 Å². The first-order valence-electron chi connectivity index (χ1n) is 10.7. The molecular formula is C24H32FN3O3. The highest BCUT2D eigenvalue weighted by Gasteiger charge is 2.35. The Kier molecular flexibility index (Phi) is 8.12. The molecule has 0 aliphatic carbocycles. The Balaban J connectivity index is 1.77. The molecule has 1 heterocycles. The summed E-state index contributed by atoms with van der Waals surface area (Å²) in [5, 5.41) is 6.78. The van der Waals surface area contributed by atoms with E-state index < -0.39 is 0 Å². The second-order valence-corrected chi connectivity index (χ2v) is 7.63. The Hall–Kier alpha value is -2.80. The van der Waals surface area contributed by atoms with Gasteiger partial charge in [-0.15, -0.1) is 0 Å². The van der Waals surface area contributed by atoms with Crippen molar-refractivity contribution in [1.82, 2.24) is 10.6 Å². The fourth-order valence-electron chi connectivity index (χ4n) is 3.89. The fraction of sp³-hybridized carbons (Fsp3) is 0.458. The van der Waals surface area contributed by atoms with Gasteiger partial charge in [0.25, 0.3) is 0 Å². The second kappa shape index (κ2) is 11.0. The molecule has 2 aromatic rings. The summed E-state index contributed by atoms with van der Waals surface area (Å²) in [5.74, 6) is 1.98. The molecule has 0 saturated carbocycles. The monoisotopic (exact) mass is 429 g/mol. The fourth-order valence-corrected chi connectivity index (χ4v) is 3.89. The van der Waals surface area contributed by atoms with Crippen LogP contribution in [-0.4, -0.2) is 46.5 Å². The average molecular weight is 430 g/mol. The number of guanidine groups is 1. The van der Waals surface area contributed by atoms with Crippen molar-refractivity contribution in [2.45, 2.75) is 31.7 Å². The van der Waals surface area contributed by atoms with Crippen molar-refractivity contribution in [2.75, 3.05) is 40.5 Å². The number of aliphatic imine (C=N–C) groups is 1. The van der Waals surface area contributed by atoms with Crippen molar-refractivity contribution in [3.63, 3.8) is 0 Å². The highest BCUT2D eigenvalue weighted by atomic mass is 19.1. The zero-order valence-electron chi connectivity index (χ0n) is 18.5. The highest BCUT2D eigenvalue weighted by Crippen LogP contribution is 2.34. The molecule has 0 unspecified atom stereocenters. The summed E-state index contributed by atoms with van der Waals surface area (Å²) < 4.78 is 30.3. The summed E-state index contributed by atoms with van der Waals surface area (Å²) in [6.07, 6.45) is 1.66. The van der Waals surface area contributed by atoms with Crippen molar-refractivity contribution in [2.24, 2.45) is 4.99 Å². The van der Waals surface area contributed by atoms with E-state index in [1.165, 1.54) is 6.07 Å². The normalized spacial score (nSPS) is 15.9. The number of benzene rings is 2. The van der Waals surface area contributed by atoms with Crippen LogP contribution in [0.1, 0.15) is 30.9 Å². The summed E-state index contributed by atoms with van der Waals surface area (Å²) in [5.41, 5.74) is 1.76. The third-order valence-electron chi connectivity index (χ3n) is 5.73. The van der Waals surface area contributed by atoms with Crippen LogP contribution in [0.5, 0.6) is 11.5 Å². The highest BCUT2D eigenvalue weighted by molar-refractivity contribution is 5.80. The van der Waals surface area contributed by atoms with E-state index in [2.05, 4.69) is 10.6 Å². The van der Waals surface area contributed by atoms with Gasteiger partial charge in [-0.3, -0.25) is 0 Å². The molecule has 31 heavy (non-hydrogen) atoms. The van der Waals surface area contributed by atoms with Crippen molar-refractivity contribution in [1.29, 1.82) is 0 Å². The minimum atomic E-state index is -0.212. The molecule has 0 radical (unpaired) electrons. The Morgan fingerprint density at radius 1 is 1.10 bits per heavy atom. The molecule has 7 heteroatoms. The smallest absolute Gasteiger partial charge is 0.191 e. The lowest BCUT2D eigenvalue weighted by Crippen LogP contribution is -2.48. The van der Waals surface area contributed by atoms with Gasteiger partial charge in [0.1, 0.15) is 17.3 Å². The quantitative estimate of drug-likeness (QED) is 0.495. The molecule has 2 N–H and O–H groups in total. The number of nitrogens with zero attached hydrogens (tertiary/aromatic N) is 1. The lowest BCUT2D eigenvalue weighted by atomic mass is 9.74. The van der Waals surface area contributed by atoms with Crippen LogP contribution >= 0.6 is 0 Å². The molecule has 0 amide bonds. The second-order valence-electron chi connectivity index (χ2n) is 7.63.